The van der Waals surface area contributed by atoms with Crippen LogP contribution < -0.4 is 4.90 Å². The van der Waals surface area contributed by atoms with Crippen molar-refractivity contribution in [2.45, 2.75) is 89.3 Å². The number of carbonyl (C=O) groups is 2. The lowest BCUT2D eigenvalue weighted by Crippen LogP contribution is -2.42. The summed E-state index contributed by atoms with van der Waals surface area (Å²) in [6, 6.07) is 3.97. The number of carboxylic acid groups (broad SMARTS) is 1. The van der Waals surface area contributed by atoms with Crippen LogP contribution >= 0.6 is 0 Å². The number of hydrogen-bond donors (Lipinski definition) is 2. The number of aryl methyl sites for hydroxylation is 1. The quantitative estimate of drug-likeness (QED) is 0.654. The summed E-state index contributed by atoms with van der Waals surface area (Å²) in [6.45, 7) is 2.02. The number of nitrogens with zero attached hydrogens (tertiary/aromatic N) is 3. The van der Waals surface area contributed by atoms with Crippen molar-refractivity contribution < 1.29 is 24.5 Å². The molecule has 184 valence electrons. The van der Waals surface area contributed by atoms with E-state index in [2.05, 4.69) is 4.57 Å². The molecule has 34 heavy (non-hydrogen) atoms. The zero-order chi connectivity index (χ0) is 24.0. The molecule has 2 fully saturated rings. The van der Waals surface area contributed by atoms with E-state index in [1.165, 1.54) is 7.11 Å². The van der Waals surface area contributed by atoms with Gasteiger partial charge >= 0.3 is 12.1 Å². The number of methoxy groups -OCH3 is 1. The van der Waals surface area contributed by atoms with E-state index in [1.807, 2.05) is 19.1 Å². The Bertz CT molecular complexity index is 1090. The molecule has 1 aromatic carbocycles. The molecule has 0 radical (unpaired) electrons. The summed E-state index contributed by atoms with van der Waals surface area (Å²) in [5.74, 6) is -0.278. The summed E-state index contributed by atoms with van der Waals surface area (Å²) in [4.78, 5) is 31.1. The second-order valence-corrected chi connectivity index (χ2v) is 10.3. The standard InChI is InChI=1S/C26H35N3O5/c1-15-10-11-19-20(28(15)26(33)34-2)12-13-21-22(19)27-24(23(30)16-6-3-4-7-16)29(21)18-9-5-8-17(14-18)25(31)32/h12-13,15-18,23,30H,3-11,14H2,1-2H3,(H,31,32)/t15-,17+,18+,23+/m0/s1. The fraction of sp³-hybridized carbons (Fsp3) is 0.654. The minimum Gasteiger partial charge on any atom is -0.481 e. The predicted octanol–water partition coefficient (Wildman–Crippen LogP) is 4.98. The SMILES string of the molecule is COC(=O)N1c2ccc3c(nc([C@H](O)C4CCCC4)n3[C@@H]3CCC[C@@H](C(=O)O)C3)c2CC[C@@H]1C. The number of imidazole rings is 1. The molecule has 1 aromatic heterocycles. The molecule has 2 heterocycles. The molecule has 0 unspecified atom stereocenters. The van der Waals surface area contributed by atoms with Gasteiger partial charge in [-0.3, -0.25) is 9.69 Å². The summed E-state index contributed by atoms with van der Waals surface area (Å²) >= 11 is 0. The van der Waals surface area contributed by atoms with Crippen molar-refractivity contribution in [1.29, 1.82) is 0 Å². The van der Waals surface area contributed by atoms with Crippen molar-refractivity contribution in [2.24, 2.45) is 11.8 Å². The van der Waals surface area contributed by atoms with Crippen LogP contribution in [-0.4, -0.2) is 45.0 Å². The first-order chi connectivity index (χ1) is 16.4. The average molecular weight is 470 g/mol. The first-order valence-corrected chi connectivity index (χ1v) is 12.7. The lowest BCUT2D eigenvalue weighted by atomic mass is 9.85. The van der Waals surface area contributed by atoms with E-state index in [-0.39, 0.29) is 30.0 Å². The second-order valence-electron chi connectivity index (χ2n) is 10.3. The first-order valence-electron chi connectivity index (χ1n) is 12.7. The van der Waals surface area contributed by atoms with Crippen molar-refractivity contribution >= 4 is 28.8 Å². The minimum absolute atomic E-state index is 0.0109. The number of carboxylic acids is 1. The first kappa shape index (κ1) is 23.1. The summed E-state index contributed by atoms with van der Waals surface area (Å²) < 4.78 is 7.21. The molecule has 8 nitrogen and oxygen atoms in total. The van der Waals surface area contributed by atoms with Gasteiger partial charge in [0.25, 0.3) is 0 Å². The molecule has 0 spiro atoms. The lowest BCUT2D eigenvalue weighted by molar-refractivity contribution is -0.143. The monoisotopic (exact) mass is 469 g/mol. The van der Waals surface area contributed by atoms with Crippen LogP contribution in [0.15, 0.2) is 12.1 Å². The van der Waals surface area contributed by atoms with Gasteiger partial charge in [-0.1, -0.05) is 19.3 Å². The van der Waals surface area contributed by atoms with Crippen LogP contribution in [0.25, 0.3) is 11.0 Å². The van der Waals surface area contributed by atoms with Gasteiger partial charge in [0.2, 0.25) is 0 Å². The number of aromatic nitrogens is 2. The third kappa shape index (κ3) is 3.85. The largest absolute Gasteiger partial charge is 0.481 e. The van der Waals surface area contributed by atoms with Crippen LogP contribution in [0.5, 0.6) is 0 Å². The third-order valence-corrected chi connectivity index (χ3v) is 8.32. The maximum Gasteiger partial charge on any atom is 0.414 e. The molecule has 8 heteroatoms. The van der Waals surface area contributed by atoms with Gasteiger partial charge in [-0.2, -0.15) is 0 Å². The van der Waals surface area contributed by atoms with E-state index in [0.29, 0.717) is 18.7 Å². The van der Waals surface area contributed by atoms with Crippen molar-refractivity contribution in [3.8, 4) is 0 Å². The summed E-state index contributed by atoms with van der Waals surface area (Å²) in [5.41, 5.74) is 3.57. The number of anilines is 1. The number of benzene rings is 1. The number of fused-ring (bicyclic) bond motifs is 3. The molecular formula is C26H35N3O5. The van der Waals surface area contributed by atoms with Crippen LogP contribution in [0.1, 0.15) is 88.2 Å². The molecule has 1 aliphatic heterocycles. The van der Waals surface area contributed by atoms with Gasteiger partial charge in [-0.05, 0) is 69.9 Å². The molecule has 2 N–H and O–H groups in total. The normalized spacial score (nSPS) is 26.4. The highest BCUT2D eigenvalue weighted by atomic mass is 16.5. The van der Waals surface area contributed by atoms with Crippen LogP contribution in [0, 0.1) is 11.8 Å². The maximum atomic E-state index is 12.6. The number of rotatable bonds is 4. The van der Waals surface area contributed by atoms with E-state index in [0.717, 1.165) is 73.7 Å². The summed E-state index contributed by atoms with van der Waals surface area (Å²) in [7, 11) is 1.40. The topological polar surface area (TPSA) is 105 Å². The van der Waals surface area contributed by atoms with Crippen molar-refractivity contribution in [3.63, 3.8) is 0 Å². The predicted molar refractivity (Wildman–Crippen MR) is 128 cm³/mol. The van der Waals surface area contributed by atoms with Gasteiger partial charge in [0, 0.05) is 17.6 Å². The Balaban J connectivity index is 1.65. The zero-order valence-electron chi connectivity index (χ0n) is 20.1. The Morgan fingerprint density at radius 2 is 1.88 bits per heavy atom. The number of ether oxygens (including phenoxy) is 1. The van der Waals surface area contributed by atoms with Crippen LogP contribution in [-0.2, 0) is 16.0 Å². The minimum atomic E-state index is -0.743. The molecule has 3 aliphatic rings. The molecule has 0 saturated heterocycles. The van der Waals surface area contributed by atoms with Gasteiger partial charge in [0.1, 0.15) is 11.9 Å². The molecule has 2 aromatic rings. The highest BCUT2D eigenvalue weighted by molar-refractivity contribution is 5.95. The molecule has 2 saturated carbocycles. The number of aliphatic carboxylic acids is 1. The van der Waals surface area contributed by atoms with E-state index < -0.39 is 12.1 Å². The van der Waals surface area contributed by atoms with Gasteiger partial charge < -0.3 is 19.5 Å². The van der Waals surface area contributed by atoms with Gasteiger partial charge in [0.05, 0.1) is 29.7 Å². The third-order valence-electron chi connectivity index (χ3n) is 8.32. The van der Waals surface area contributed by atoms with E-state index in [1.54, 1.807) is 4.90 Å². The zero-order valence-corrected chi connectivity index (χ0v) is 20.1. The van der Waals surface area contributed by atoms with Gasteiger partial charge in [-0.15, -0.1) is 0 Å². The van der Waals surface area contributed by atoms with Gasteiger partial charge in [-0.25, -0.2) is 9.78 Å². The van der Waals surface area contributed by atoms with E-state index in [4.69, 9.17) is 9.72 Å². The van der Waals surface area contributed by atoms with Gasteiger partial charge in [0.15, 0.2) is 0 Å². The van der Waals surface area contributed by atoms with Crippen LogP contribution in [0.3, 0.4) is 0 Å². The Morgan fingerprint density at radius 3 is 2.59 bits per heavy atom. The Kier molecular flexibility index (Phi) is 6.27. The van der Waals surface area contributed by atoms with E-state index >= 15 is 0 Å². The molecule has 1 amide bonds. The molecule has 2 aliphatic carbocycles. The molecule has 0 bridgehead atoms. The molecular weight excluding hydrogens is 434 g/mol. The van der Waals surface area contributed by atoms with Crippen LogP contribution in [0.4, 0.5) is 10.5 Å². The highest BCUT2D eigenvalue weighted by Gasteiger charge is 2.37. The number of aliphatic hydroxyl groups is 1. The Hall–Kier alpha value is -2.61. The summed E-state index contributed by atoms with van der Waals surface area (Å²) in [6.07, 6.45) is 7.72. The van der Waals surface area contributed by atoms with Crippen LogP contribution in [0.2, 0.25) is 0 Å². The van der Waals surface area contributed by atoms with E-state index in [9.17, 15) is 19.8 Å². The fourth-order valence-electron chi connectivity index (χ4n) is 6.49. The second kappa shape index (κ2) is 9.21. The highest BCUT2D eigenvalue weighted by Crippen LogP contribution is 2.44. The number of aliphatic hydroxyl groups excluding tert-OH is 1. The van der Waals surface area contributed by atoms with Crippen molar-refractivity contribution in [1.82, 2.24) is 9.55 Å². The number of hydrogen-bond acceptors (Lipinski definition) is 5. The molecule has 4 atom stereocenters. The maximum absolute atomic E-state index is 12.6. The lowest BCUT2D eigenvalue weighted by Gasteiger charge is -2.34. The fourth-order valence-corrected chi connectivity index (χ4v) is 6.49. The smallest absolute Gasteiger partial charge is 0.414 e. The summed E-state index contributed by atoms with van der Waals surface area (Å²) in [5, 5.41) is 21.1. The molecule has 5 rings (SSSR count). The van der Waals surface area contributed by atoms with Crippen molar-refractivity contribution in [3.05, 3.63) is 23.5 Å². The Morgan fingerprint density at radius 1 is 1.12 bits per heavy atom. The van der Waals surface area contributed by atoms with Crippen molar-refractivity contribution in [2.75, 3.05) is 12.0 Å². The number of carbonyl (C=O) groups excluding carboxylic acids is 1. The Labute approximate surface area is 199 Å². The average Bonchev–Trinajstić information content (AvgIpc) is 3.51. The number of amides is 1.